The van der Waals surface area contributed by atoms with Crippen LogP contribution in [0, 0.1) is 0 Å². The minimum Gasteiger partial charge on any atom is -0.484 e. The van der Waals surface area contributed by atoms with Crippen molar-refractivity contribution in [3.05, 3.63) is 53.6 Å². The van der Waals surface area contributed by atoms with Crippen LogP contribution in [-0.4, -0.2) is 19.6 Å². The molecule has 2 N–H and O–H groups in total. The molecule has 5 heteroatoms. The molecule has 0 bridgehead atoms. The molecular formula is C15H15ClN2O2. The maximum Gasteiger partial charge on any atom is 0.264 e. The highest BCUT2D eigenvalue weighted by molar-refractivity contribution is 6.30. The normalized spacial score (nSPS) is 10.1. The van der Waals surface area contributed by atoms with Gasteiger partial charge in [0.15, 0.2) is 6.61 Å². The quantitative estimate of drug-likeness (QED) is 0.881. The standard InChI is InChI=1S/C15H15ClN2O2/c1-18(13-4-2-3-12(17)9-13)15(19)10-20-14-7-5-11(16)6-8-14/h2-9H,10,17H2,1H3. The molecule has 0 spiro atoms. The molecule has 0 heterocycles. The van der Waals surface area contributed by atoms with E-state index < -0.39 is 0 Å². The van der Waals surface area contributed by atoms with E-state index in [-0.39, 0.29) is 12.5 Å². The summed E-state index contributed by atoms with van der Waals surface area (Å²) in [5.41, 5.74) is 7.04. The van der Waals surface area contributed by atoms with Gasteiger partial charge in [-0.15, -0.1) is 0 Å². The van der Waals surface area contributed by atoms with Gasteiger partial charge in [0, 0.05) is 23.4 Å². The minimum absolute atomic E-state index is 0.0487. The molecule has 0 aliphatic carbocycles. The first-order chi connectivity index (χ1) is 9.56. The molecular weight excluding hydrogens is 276 g/mol. The number of nitrogens with zero attached hydrogens (tertiary/aromatic N) is 1. The van der Waals surface area contributed by atoms with Crippen LogP contribution in [-0.2, 0) is 4.79 Å². The lowest BCUT2D eigenvalue weighted by Crippen LogP contribution is -2.31. The van der Waals surface area contributed by atoms with E-state index >= 15 is 0 Å². The summed E-state index contributed by atoms with van der Waals surface area (Å²) in [6.07, 6.45) is 0. The Bertz CT molecular complexity index is 599. The predicted octanol–water partition coefficient (Wildman–Crippen LogP) is 2.96. The number of carbonyl (C=O) groups is 1. The van der Waals surface area contributed by atoms with Gasteiger partial charge in [-0.05, 0) is 42.5 Å². The van der Waals surface area contributed by atoms with Crippen LogP contribution in [0.2, 0.25) is 5.02 Å². The van der Waals surface area contributed by atoms with E-state index in [1.165, 1.54) is 4.90 Å². The molecule has 0 atom stereocenters. The summed E-state index contributed by atoms with van der Waals surface area (Å²) in [6, 6.07) is 14.0. The van der Waals surface area contributed by atoms with Gasteiger partial charge >= 0.3 is 0 Å². The number of hydrogen-bond acceptors (Lipinski definition) is 3. The number of likely N-dealkylation sites (N-methyl/N-ethyl adjacent to an activating group) is 1. The number of rotatable bonds is 4. The number of carbonyl (C=O) groups excluding carboxylic acids is 1. The summed E-state index contributed by atoms with van der Waals surface area (Å²) in [7, 11) is 1.68. The zero-order valence-corrected chi connectivity index (χ0v) is 11.8. The number of amides is 1. The van der Waals surface area contributed by atoms with Crippen molar-refractivity contribution >= 4 is 28.9 Å². The van der Waals surface area contributed by atoms with Gasteiger partial charge in [0.25, 0.3) is 5.91 Å². The molecule has 0 aliphatic rings. The Hall–Kier alpha value is -2.20. The first-order valence-electron chi connectivity index (χ1n) is 6.07. The van der Waals surface area contributed by atoms with E-state index in [2.05, 4.69) is 0 Å². The maximum absolute atomic E-state index is 12.0. The van der Waals surface area contributed by atoms with E-state index in [0.717, 1.165) is 5.69 Å². The summed E-state index contributed by atoms with van der Waals surface area (Å²) < 4.78 is 5.41. The van der Waals surface area contributed by atoms with Gasteiger partial charge < -0.3 is 15.4 Å². The molecule has 2 aromatic rings. The first-order valence-corrected chi connectivity index (χ1v) is 6.44. The van der Waals surface area contributed by atoms with Crippen molar-refractivity contribution in [2.45, 2.75) is 0 Å². The van der Waals surface area contributed by atoms with E-state index in [0.29, 0.717) is 16.5 Å². The number of anilines is 2. The molecule has 20 heavy (non-hydrogen) atoms. The van der Waals surface area contributed by atoms with Gasteiger partial charge in [-0.3, -0.25) is 4.79 Å². The number of ether oxygens (including phenoxy) is 1. The monoisotopic (exact) mass is 290 g/mol. The highest BCUT2D eigenvalue weighted by atomic mass is 35.5. The average molecular weight is 291 g/mol. The third kappa shape index (κ3) is 3.65. The molecule has 0 saturated heterocycles. The topological polar surface area (TPSA) is 55.6 Å². The molecule has 104 valence electrons. The largest absolute Gasteiger partial charge is 0.484 e. The molecule has 0 radical (unpaired) electrons. The molecule has 2 rings (SSSR count). The SMILES string of the molecule is CN(C(=O)COc1ccc(Cl)cc1)c1cccc(N)c1. The fourth-order valence-electron chi connectivity index (χ4n) is 1.65. The number of nitrogen functional groups attached to an aromatic ring is 1. The summed E-state index contributed by atoms with van der Waals surface area (Å²) in [4.78, 5) is 13.5. The van der Waals surface area contributed by atoms with Crippen LogP contribution < -0.4 is 15.4 Å². The average Bonchev–Trinajstić information content (AvgIpc) is 2.45. The van der Waals surface area contributed by atoms with Crippen molar-refractivity contribution < 1.29 is 9.53 Å². The van der Waals surface area contributed by atoms with Gasteiger partial charge in [0.1, 0.15) is 5.75 Å². The van der Waals surface area contributed by atoms with Crippen LogP contribution in [0.15, 0.2) is 48.5 Å². The summed E-state index contributed by atoms with van der Waals surface area (Å²) in [5.74, 6) is 0.439. The lowest BCUT2D eigenvalue weighted by Gasteiger charge is -2.18. The molecule has 1 amide bonds. The lowest BCUT2D eigenvalue weighted by atomic mass is 10.2. The Morgan fingerprint density at radius 2 is 1.95 bits per heavy atom. The van der Waals surface area contributed by atoms with E-state index in [4.69, 9.17) is 22.1 Å². The molecule has 0 unspecified atom stereocenters. The van der Waals surface area contributed by atoms with Crippen LogP contribution >= 0.6 is 11.6 Å². The molecule has 0 saturated carbocycles. The third-order valence-electron chi connectivity index (χ3n) is 2.81. The van der Waals surface area contributed by atoms with Crippen LogP contribution in [0.3, 0.4) is 0 Å². The summed E-state index contributed by atoms with van der Waals surface area (Å²) in [5, 5.41) is 0.626. The van der Waals surface area contributed by atoms with E-state index in [1.807, 2.05) is 6.07 Å². The Balaban J connectivity index is 1.96. The van der Waals surface area contributed by atoms with Crippen molar-refractivity contribution in [2.24, 2.45) is 0 Å². The highest BCUT2D eigenvalue weighted by Crippen LogP contribution is 2.18. The Morgan fingerprint density at radius 1 is 1.25 bits per heavy atom. The Kier molecular flexibility index (Phi) is 4.48. The second kappa shape index (κ2) is 6.30. The van der Waals surface area contributed by atoms with Crippen molar-refractivity contribution in [3.8, 4) is 5.75 Å². The van der Waals surface area contributed by atoms with E-state index in [1.54, 1.807) is 49.5 Å². The number of halogens is 1. The fourth-order valence-corrected chi connectivity index (χ4v) is 1.78. The maximum atomic E-state index is 12.0. The number of hydrogen-bond donors (Lipinski definition) is 1. The van der Waals surface area contributed by atoms with Crippen molar-refractivity contribution in [3.63, 3.8) is 0 Å². The van der Waals surface area contributed by atoms with Gasteiger partial charge in [-0.2, -0.15) is 0 Å². The summed E-state index contributed by atoms with van der Waals surface area (Å²) >= 11 is 5.78. The van der Waals surface area contributed by atoms with Gasteiger partial charge in [0.2, 0.25) is 0 Å². The lowest BCUT2D eigenvalue weighted by molar-refractivity contribution is -0.120. The number of benzene rings is 2. The minimum atomic E-state index is -0.162. The van der Waals surface area contributed by atoms with Gasteiger partial charge in [0.05, 0.1) is 0 Å². The second-order valence-corrected chi connectivity index (χ2v) is 4.73. The predicted molar refractivity (Wildman–Crippen MR) is 81.2 cm³/mol. The van der Waals surface area contributed by atoms with Gasteiger partial charge in [-0.1, -0.05) is 17.7 Å². The third-order valence-corrected chi connectivity index (χ3v) is 3.06. The molecule has 0 aromatic heterocycles. The van der Waals surface area contributed by atoms with E-state index in [9.17, 15) is 4.79 Å². The number of nitrogens with two attached hydrogens (primary N) is 1. The van der Waals surface area contributed by atoms with Crippen LogP contribution in [0.1, 0.15) is 0 Å². The Labute approximate surface area is 122 Å². The van der Waals surface area contributed by atoms with Crippen LogP contribution in [0.25, 0.3) is 0 Å². The highest BCUT2D eigenvalue weighted by Gasteiger charge is 2.11. The van der Waals surface area contributed by atoms with Crippen molar-refractivity contribution in [1.82, 2.24) is 0 Å². The van der Waals surface area contributed by atoms with Crippen molar-refractivity contribution in [1.29, 1.82) is 0 Å². The summed E-state index contributed by atoms with van der Waals surface area (Å²) in [6.45, 7) is -0.0487. The molecule has 4 nitrogen and oxygen atoms in total. The zero-order chi connectivity index (χ0) is 14.5. The smallest absolute Gasteiger partial charge is 0.264 e. The molecule has 2 aromatic carbocycles. The molecule has 0 aliphatic heterocycles. The van der Waals surface area contributed by atoms with Crippen LogP contribution in [0.4, 0.5) is 11.4 Å². The van der Waals surface area contributed by atoms with Gasteiger partial charge in [-0.25, -0.2) is 0 Å². The zero-order valence-electron chi connectivity index (χ0n) is 11.0. The Morgan fingerprint density at radius 3 is 2.60 bits per heavy atom. The second-order valence-electron chi connectivity index (χ2n) is 4.29. The fraction of sp³-hybridized carbons (Fsp3) is 0.133. The van der Waals surface area contributed by atoms with Crippen molar-refractivity contribution in [2.75, 3.05) is 24.3 Å². The molecule has 0 fully saturated rings. The van der Waals surface area contributed by atoms with Crippen LogP contribution in [0.5, 0.6) is 5.75 Å². The first kappa shape index (κ1) is 14.2.